The van der Waals surface area contributed by atoms with E-state index in [0.29, 0.717) is 6.04 Å². The Morgan fingerprint density at radius 2 is 1.93 bits per heavy atom. The van der Waals surface area contributed by atoms with Crippen LogP contribution in [0.25, 0.3) is 0 Å². The highest BCUT2D eigenvalue weighted by atomic mass is 15.2. The average molecular weight is 402 g/mol. The Morgan fingerprint density at radius 3 is 2.45 bits per heavy atom. The molecule has 5 nitrogen and oxygen atoms in total. The molecule has 29 heavy (non-hydrogen) atoms. The third kappa shape index (κ3) is 7.09. The zero-order valence-electron chi connectivity index (χ0n) is 18.8. The largest absolute Gasteiger partial charge is 0.355 e. The first kappa shape index (κ1) is 25.1. The zero-order chi connectivity index (χ0) is 20.8. The minimum Gasteiger partial charge on any atom is -0.355 e. The van der Waals surface area contributed by atoms with Crippen LogP contribution < -0.4 is 4.90 Å². The Hall–Kier alpha value is -1.98. The van der Waals surface area contributed by atoms with E-state index in [-0.39, 0.29) is 8.85 Å². The minimum absolute atomic E-state index is 0. The fourth-order valence-corrected chi connectivity index (χ4v) is 3.46. The molecule has 0 amide bonds. The van der Waals surface area contributed by atoms with Gasteiger partial charge in [0.1, 0.15) is 11.6 Å². The Balaban J connectivity index is 0.00000420. The zero-order valence-corrected chi connectivity index (χ0v) is 18.8. The van der Waals surface area contributed by atoms with Gasteiger partial charge in [-0.05, 0) is 72.0 Å². The van der Waals surface area contributed by atoms with Gasteiger partial charge in [0.2, 0.25) is 0 Å². The lowest BCUT2D eigenvalue weighted by Gasteiger charge is -2.28. The van der Waals surface area contributed by atoms with Crippen molar-refractivity contribution in [3.8, 4) is 0 Å². The summed E-state index contributed by atoms with van der Waals surface area (Å²) in [4.78, 5) is 16.3. The SMILES string of the molecule is C.C=C/C(C)=C(\C1=CC1)[C@H](C)N(C)Cc1cc(N(CC)CCN(C)C)nc(C)n1.[HH]. The van der Waals surface area contributed by atoms with Crippen molar-refractivity contribution in [2.24, 2.45) is 0 Å². The Labute approximate surface area is 180 Å². The topological polar surface area (TPSA) is 35.5 Å². The second kappa shape index (κ2) is 11.3. The molecule has 0 unspecified atom stereocenters. The third-order valence-electron chi connectivity index (χ3n) is 5.38. The van der Waals surface area contributed by atoms with Crippen molar-refractivity contribution in [3.05, 3.63) is 53.0 Å². The van der Waals surface area contributed by atoms with Crippen LogP contribution in [0.15, 0.2) is 41.5 Å². The number of hydrogen-bond acceptors (Lipinski definition) is 5. The number of anilines is 1. The van der Waals surface area contributed by atoms with Gasteiger partial charge in [0.05, 0.1) is 5.69 Å². The van der Waals surface area contributed by atoms with Crippen molar-refractivity contribution in [1.29, 1.82) is 0 Å². The Kier molecular flexibility index (Phi) is 9.74. The lowest BCUT2D eigenvalue weighted by Crippen LogP contribution is -2.33. The van der Waals surface area contributed by atoms with Crippen LogP contribution in [0.3, 0.4) is 0 Å². The van der Waals surface area contributed by atoms with Crippen LogP contribution in [0.5, 0.6) is 0 Å². The first-order valence-electron chi connectivity index (χ1n) is 10.2. The number of allylic oxidation sites excluding steroid dienone is 3. The monoisotopic (exact) mass is 401 g/mol. The molecule has 0 N–H and O–H groups in total. The average Bonchev–Trinajstić information content (AvgIpc) is 3.46. The molecule has 0 saturated carbocycles. The molecule has 0 aromatic carbocycles. The quantitative estimate of drug-likeness (QED) is 0.502. The van der Waals surface area contributed by atoms with E-state index in [1.54, 1.807) is 0 Å². The molecule has 0 spiro atoms. The van der Waals surface area contributed by atoms with Crippen molar-refractivity contribution < 1.29 is 1.43 Å². The number of nitrogens with zero attached hydrogens (tertiary/aromatic N) is 5. The molecule has 0 radical (unpaired) electrons. The summed E-state index contributed by atoms with van der Waals surface area (Å²) in [6, 6.07) is 2.47. The normalized spacial score (nSPS) is 14.9. The first-order chi connectivity index (χ1) is 13.3. The smallest absolute Gasteiger partial charge is 0.132 e. The molecule has 0 aliphatic heterocycles. The van der Waals surface area contributed by atoms with Gasteiger partial charge in [-0.1, -0.05) is 26.2 Å². The highest BCUT2D eigenvalue weighted by Gasteiger charge is 2.24. The third-order valence-corrected chi connectivity index (χ3v) is 5.38. The van der Waals surface area contributed by atoms with Gasteiger partial charge in [-0.25, -0.2) is 9.97 Å². The summed E-state index contributed by atoms with van der Waals surface area (Å²) in [7, 11) is 6.38. The van der Waals surface area contributed by atoms with Gasteiger partial charge in [-0.15, -0.1) is 0 Å². The number of rotatable bonds is 11. The fourth-order valence-electron chi connectivity index (χ4n) is 3.46. The van der Waals surface area contributed by atoms with Crippen LogP contribution in [-0.4, -0.2) is 66.6 Å². The maximum atomic E-state index is 4.71. The van der Waals surface area contributed by atoms with Crippen LogP contribution in [0.4, 0.5) is 5.82 Å². The summed E-state index contributed by atoms with van der Waals surface area (Å²) in [5, 5.41) is 0. The van der Waals surface area contributed by atoms with E-state index in [9.17, 15) is 0 Å². The molecule has 1 aliphatic carbocycles. The second-order valence-electron chi connectivity index (χ2n) is 7.97. The summed E-state index contributed by atoms with van der Waals surface area (Å²) in [5.74, 6) is 1.86. The molecule has 0 bridgehead atoms. The molecule has 0 fully saturated rings. The van der Waals surface area contributed by atoms with E-state index in [1.165, 1.54) is 16.7 Å². The van der Waals surface area contributed by atoms with Gasteiger partial charge in [0.15, 0.2) is 0 Å². The van der Waals surface area contributed by atoms with E-state index in [2.05, 4.69) is 75.3 Å². The van der Waals surface area contributed by atoms with Gasteiger partial charge in [-0.2, -0.15) is 0 Å². The molecule has 1 aliphatic rings. The second-order valence-corrected chi connectivity index (χ2v) is 7.97. The van der Waals surface area contributed by atoms with Gasteiger partial charge < -0.3 is 9.80 Å². The molecule has 1 aromatic rings. The maximum absolute atomic E-state index is 4.71. The Morgan fingerprint density at radius 1 is 1.28 bits per heavy atom. The summed E-state index contributed by atoms with van der Waals surface area (Å²) >= 11 is 0. The highest BCUT2D eigenvalue weighted by molar-refractivity contribution is 5.50. The van der Waals surface area contributed by atoms with E-state index >= 15 is 0 Å². The van der Waals surface area contributed by atoms with Crippen molar-refractivity contribution in [3.63, 3.8) is 0 Å². The lowest BCUT2D eigenvalue weighted by molar-refractivity contribution is 0.276. The lowest BCUT2D eigenvalue weighted by atomic mass is 9.98. The maximum Gasteiger partial charge on any atom is 0.132 e. The van der Waals surface area contributed by atoms with E-state index in [1.807, 2.05) is 13.0 Å². The summed E-state index contributed by atoms with van der Waals surface area (Å²) in [6.45, 7) is 16.3. The predicted molar refractivity (Wildman–Crippen MR) is 129 cm³/mol. The molecule has 2 rings (SSSR count). The molecule has 1 heterocycles. The van der Waals surface area contributed by atoms with Crippen molar-refractivity contribution in [2.45, 2.75) is 54.1 Å². The molecule has 0 saturated heterocycles. The van der Waals surface area contributed by atoms with Gasteiger partial charge in [-0.3, -0.25) is 4.90 Å². The minimum atomic E-state index is 0. The van der Waals surface area contributed by atoms with E-state index < -0.39 is 0 Å². The molecule has 5 heteroatoms. The Bertz CT molecular complexity index is 754. The summed E-state index contributed by atoms with van der Waals surface area (Å²) in [6.07, 6.45) is 5.37. The van der Waals surface area contributed by atoms with E-state index in [0.717, 1.165) is 49.9 Å². The van der Waals surface area contributed by atoms with E-state index in [4.69, 9.17) is 9.97 Å². The highest BCUT2D eigenvalue weighted by Crippen LogP contribution is 2.34. The van der Waals surface area contributed by atoms with Crippen molar-refractivity contribution in [1.82, 2.24) is 19.8 Å². The van der Waals surface area contributed by atoms with Crippen LogP contribution in [0, 0.1) is 6.92 Å². The van der Waals surface area contributed by atoms with Gasteiger partial charge in [0.25, 0.3) is 0 Å². The molecular formula is C24H43N5. The first-order valence-corrected chi connectivity index (χ1v) is 10.2. The standard InChI is InChI=1S/C23H37N5.CH4.H2/c1-9-17(3)23(20-11-12-20)18(4)27(8)16-21-15-22(25-19(5)24-21)28(10-2)14-13-26(6)7;;/h9,11,15,18H,1,10,12-14,16H2,2-8H3;1H4;1H/b23-17-;;/t18-;;/m0../s1. The number of hydrogen-bond donors (Lipinski definition) is 0. The van der Waals surface area contributed by atoms with Crippen molar-refractivity contribution in [2.75, 3.05) is 45.7 Å². The van der Waals surface area contributed by atoms with Crippen LogP contribution >= 0.6 is 0 Å². The van der Waals surface area contributed by atoms with Gasteiger partial charge in [0, 0.05) is 39.7 Å². The van der Waals surface area contributed by atoms with Crippen LogP contribution in [0.1, 0.15) is 47.6 Å². The number of likely N-dealkylation sites (N-methyl/N-ethyl adjacent to an activating group) is 3. The predicted octanol–water partition coefficient (Wildman–Crippen LogP) is 4.71. The van der Waals surface area contributed by atoms with Crippen LogP contribution in [-0.2, 0) is 6.54 Å². The molecular weight excluding hydrogens is 358 g/mol. The molecule has 164 valence electrons. The van der Waals surface area contributed by atoms with Crippen LogP contribution in [0.2, 0.25) is 0 Å². The number of aromatic nitrogens is 2. The summed E-state index contributed by atoms with van der Waals surface area (Å²) < 4.78 is 0. The summed E-state index contributed by atoms with van der Waals surface area (Å²) in [5.41, 5.74) is 5.20. The van der Waals surface area contributed by atoms with Crippen molar-refractivity contribution >= 4 is 5.82 Å². The number of aryl methyl sites for hydroxylation is 1. The fraction of sp³-hybridized carbons (Fsp3) is 0.583. The van der Waals surface area contributed by atoms with Gasteiger partial charge >= 0.3 is 0 Å². The molecule has 1 atom stereocenters. The molecule has 1 aromatic heterocycles.